The van der Waals surface area contributed by atoms with Crippen molar-refractivity contribution in [3.8, 4) is 11.4 Å². The molecule has 3 N–H and O–H groups in total. The van der Waals surface area contributed by atoms with Crippen LogP contribution in [0.2, 0.25) is 0 Å². The zero-order valence-corrected chi connectivity index (χ0v) is 16.7. The van der Waals surface area contributed by atoms with Crippen molar-refractivity contribution in [3.05, 3.63) is 41.6 Å². The molecular weight excluding hydrogens is 350 g/mol. The summed E-state index contributed by atoms with van der Waals surface area (Å²) in [5.41, 5.74) is 4.08. The van der Waals surface area contributed by atoms with Gasteiger partial charge in [-0.2, -0.15) is 0 Å². The number of amides is 1. The SMILES string of the molecule is CC(=O)N[C@@H]1CCCC[C@H]1Nc1nc(-c2ccccc2)nc2[nH]c(C)c(C)c12. The second kappa shape index (κ2) is 7.62. The van der Waals surface area contributed by atoms with E-state index in [1.54, 1.807) is 6.92 Å². The van der Waals surface area contributed by atoms with Gasteiger partial charge in [-0.3, -0.25) is 4.79 Å². The van der Waals surface area contributed by atoms with Crippen LogP contribution in [0, 0.1) is 13.8 Å². The van der Waals surface area contributed by atoms with Crippen LogP contribution in [0.4, 0.5) is 5.82 Å². The first kappa shape index (κ1) is 18.5. The van der Waals surface area contributed by atoms with E-state index in [1.807, 2.05) is 30.3 Å². The molecule has 1 fully saturated rings. The molecule has 1 amide bonds. The van der Waals surface area contributed by atoms with Gasteiger partial charge in [0.25, 0.3) is 0 Å². The number of carbonyl (C=O) groups excluding carboxylic acids is 1. The molecule has 1 saturated carbocycles. The number of aryl methyl sites for hydroxylation is 2. The van der Waals surface area contributed by atoms with Gasteiger partial charge in [0.15, 0.2) is 5.82 Å². The quantitative estimate of drug-likeness (QED) is 0.639. The number of hydrogen-bond acceptors (Lipinski definition) is 4. The van der Waals surface area contributed by atoms with Gasteiger partial charge in [0, 0.05) is 30.3 Å². The highest BCUT2D eigenvalue weighted by Gasteiger charge is 2.27. The molecule has 0 aliphatic heterocycles. The highest BCUT2D eigenvalue weighted by molar-refractivity contribution is 5.93. The summed E-state index contributed by atoms with van der Waals surface area (Å²) >= 11 is 0. The first-order valence-corrected chi connectivity index (χ1v) is 9.99. The Hall–Kier alpha value is -2.89. The molecule has 4 rings (SSSR count). The summed E-state index contributed by atoms with van der Waals surface area (Å²) in [4.78, 5) is 24.7. The van der Waals surface area contributed by atoms with Crippen molar-refractivity contribution in [1.82, 2.24) is 20.3 Å². The van der Waals surface area contributed by atoms with Gasteiger partial charge in [0.1, 0.15) is 11.5 Å². The van der Waals surface area contributed by atoms with Crippen molar-refractivity contribution >= 4 is 22.8 Å². The summed E-state index contributed by atoms with van der Waals surface area (Å²) in [5.74, 6) is 1.56. The molecule has 0 radical (unpaired) electrons. The Balaban J connectivity index is 1.77. The van der Waals surface area contributed by atoms with E-state index in [4.69, 9.17) is 9.97 Å². The number of rotatable bonds is 4. The van der Waals surface area contributed by atoms with Crippen molar-refractivity contribution in [2.24, 2.45) is 0 Å². The summed E-state index contributed by atoms with van der Waals surface area (Å²) in [6, 6.07) is 10.3. The highest BCUT2D eigenvalue weighted by Crippen LogP contribution is 2.31. The van der Waals surface area contributed by atoms with Gasteiger partial charge < -0.3 is 15.6 Å². The van der Waals surface area contributed by atoms with Gasteiger partial charge in [-0.15, -0.1) is 0 Å². The number of nitrogens with zero attached hydrogens (tertiary/aromatic N) is 2. The minimum absolute atomic E-state index is 0.0187. The Labute approximate surface area is 165 Å². The molecule has 3 aromatic rings. The minimum atomic E-state index is 0.0187. The molecule has 6 nitrogen and oxygen atoms in total. The van der Waals surface area contributed by atoms with Crippen LogP contribution in [-0.4, -0.2) is 32.9 Å². The first-order chi connectivity index (χ1) is 13.5. The van der Waals surface area contributed by atoms with E-state index < -0.39 is 0 Å². The number of benzene rings is 1. The van der Waals surface area contributed by atoms with Gasteiger partial charge in [-0.25, -0.2) is 9.97 Å². The molecule has 0 spiro atoms. The average Bonchev–Trinajstić information content (AvgIpc) is 2.98. The van der Waals surface area contributed by atoms with Gasteiger partial charge >= 0.3 is 0 Å². The summed E-state index contributed by atoms with van der Waals surface area (Å²) in [6.45, 7) is 5.74. The van der Waals surface area contributed by atoms with Gasteiger partial charge in [0.05, 0.1) is 5.39 Å². The van der Waals surface area contributed by atoms with Gasteiger partial charge in [0.2, 0.25) is 5.91 Å². The summed E-state index contributed by atoms with van der Waals surface area (Å²) in [7, 11) is 0. The van der Waals surface area contributed by atoms with Crippen LogP contribution in [0.5, 0.6) is 0 Å². The fourth-order valence-corrected chi connectivity index (χ4v) is 4.10. The van der Waals surface area contributed by atoms with E-state index >= 15 is 0 Å². The third-order valence-corrected chi connectivity index (χ3v) is 5.66. The molecule has 2 aromatic heterocycles. The van der Waals surface area contributed by atoms with Crippen LogP contribution < -0.4 is 10.6 Å². The fraction of sp³-hybridized carbons (Fsp3) is 0.409. The van der Waals surface area contributed by atoms with Crippen molar-refractivity contribution in [3.63, 3.8) is 0 Å². The van der Waals surface area contributed by atoms with Crippen molar-refractivity contribution in [2.45, 2.75) is 58.5 Å². The molecule has 2 atom stereocenters. The Morgan fingerprint density at radius 3 is 2.50 bits per heavy atom. The molecule has 1 aromatic carbocycles. The van der Waals surface area contributed by atoms with E-state index in [-0.39, 0.29) is 18.0 Å². The van der Waals surface area contributed by atoms with Crippen molar-refractivity contribution in [2.75, 3.05) is 5.32 Å². The molecular formula is C22H27N5O. The molecule has 28 heavy (non-hydrogen) atoms. The Morgan fingerprint density at radius 1 is 1.07 bits per heavy atom. The number of aromatic nitrogens is 3. The predicted molar refractivity (Wildman–Crippen MR) is 112 cm³/mol. The van der Waals surface area contributed by atoms with E-state index in [2.05, 4.69) is 29.5 Å². The zero-order chi connectivity index (χ0) is 19.7. The molecule has 1 aliphatic carbocycles. The maximum Gasteiger partial charge on any atom is 0.217 e. The monoisotopic (exact) mass is 377 g/mol. The maximum atomic E-state index is 11.6. The first-order valence-electron chi connectivity index (χ1n) is 9.99. The number of H-pyrrole nitrogens is 1. The van der Waals surface area contributed by atoms with Gasteiger partial charge in [-0.1, -0.05) is 43.2 Å². The van der Waals surface area contributed by atoms with E-state index in [0.717, 1.165) is 59.4 Å². The summed E-state index contributed by atoms with van der Waals surface area (Å²) < 4.78 is 0. The topological polar surface area (TPSA) is 82.7 Å². The Morgan fingerprint density at radius 2 is 1.79 bits per heavy atom. The largest absolute Gasteiger partial charge is 0.365 e. The number of hydrogen-bond donors (Lipinski definition) is 3. The van der Waals surface area contributed by atoms with Crippen LogP contribution >= 0.6 is 0 Å². The smallest absolute Gasteiger partial charge is 0.217 e. The lowest BCUT2D eigenvalue weighted by Gasteiger charge is -2.33. The third kappa shape index (κ3) is 3.59. The Kier molecular flexibility index (Phi) is 5.03. The van der Waals surface area contributed by atoms with Crippen molar-refractivity contribution in [1.29, 1.82) is 0 Å². The molecule has 6 heteroatoms. The minimum Gasteiger partial charge on any atom is -0.365 e. The molecule has 0 bridgehead atoms. The lowest BCUT2D eigenvalue weighted by Crippen LogP contribution is -2.48. The van der Waals surface area contributed by atoms with Crippen LogP contribution in [-0.2, 0) is 4.79 Å². The number of anilines is 1. The highest BCUT2D eigenvalue weighted by atomic mass is 16.1. The third-order valence-electron chi connectivity index (χ3n) is 5.66. The van der Waals surface area contributed by atoms with E-state index in [1.165, 1.54) is 0 Å². The standard InChI is InChI=1S/C22H27N5O/c1-13-14(2)23-21-19(13)22(27-20(26-21)16-9-5-4-6-10-16)25-18-12-8-7-11-17(18)24-15(3)28/h4-6,9-10,17-18H,7-8,11-12H2,1-3H3,(H,24,28)(H2,23,25,26,27)/t17-,18-/m1/s1. The molecule has 2 heterocycles. The summed E-state index contributed by atoms with van der Waals surface area (Å²) in [5, 5.41) is 7.80. The fourth-order valence-electron chi connectivity index (χ4n) is 4.10. The van der Waals surface area contributed by atoms with Crippen LogP contribution in [0.1, 0.15) is 43.9 Å². The molecule has 146 valence electrons. The van der Waals surface area contributed by atoms with Crippen LogP contribution in [0.25, 0.3) is 22.4 Å². The lowest BCUT2D eigenvalue weighted by atomic mass is 9.90. The van der Waals surface area contributed by atoms with Crippen LogP contribution in [0.3, 0.4) is 0 Å². The second-order valence-corrected chi connectivity index (χ2v) is 7.70. The Bertz CT molecular complexity index is 995. The molecule has 0 saturated heterocycles. The molecule has 1 aliphatic rings. The zero-order valence-electron chi connectivity index (χ0n) is 16.7. The second-order valence-electron chi connectivity index (χ2n) is 7.70. The predicted octanol–water partition coefficient (Wildman–Crippen LogP) is 4.10. The number of carbonyl (C=O) groups is 1. The average molecular weight is 377 g/mol. The number of nitrogens with one attached hydrogen (secondary N) is 3. The number of fused-ring (bicyclic) bond motifs is 1. The lowest BCUT2D eigenvalue weighted by molar-refractivity contribution is -0.119. The number of aromatic amines is 1. The summed E-state index contributed by atoms with van der Waals surface area (Å²) in [6.07, 6.45) is 4.29. The van der Waals surface area contributed by atoms with E-state index in [9.17, 15) is 4.79 Å². The van der Waals surface area contributed by atoms with Gasteiger partial charge in [-0.05, 0) is 32.3 Å². The van der Waals surface area contributed by atoms with E-state index in [0.29, 0.717) is 5.82 Å². The van der Waals surface area contributed by atoms with Crippen molar-refractivity contribution < 1.29 is 4.79 Å². The maximum absolute atomic E-state index is 11.6. The normalized spacial score (nSPS) is 19.5. The molecule has 0 unspecified atom stereocenters. The van der Waals surface area contributed by atoms with Crippen LogP contribution in [0.15, 0.2) is 30.3 Å².